The van der Waals surface area contributed by atoms with Gasteiger partial charge in [0.25, 0.3) is 0 Å². The van der Waals surface area contributed by atoms with Crippen molar-refractivity contribution in [2.75, 3.05) is 0 Å². The Hall–Kier alpha value is -2.87. The van der Waals surface area contributed by atoms with Crippen LogP contribution in [-0.4, -0.2) is 5.91 Å². The van der Waals surface area contributed by atoms with Crippen molar-refractivity contribution in [2.24, 2.45) is 0 Å². The van der Waals surface area contributed by atoms with E-state index in [1.807, 2.05) is 49.4 Å². The van der Waals surface area contributed by atoms with Gasteiger partial charge in [-0.15, -0.1) is 0 Å². The summed E-state index contributed by atoms with van der Waals surface area (Å²) in [5.74, 6) is 0.0262. The minimum Gasteiger partial charge on any atom is -0.345 e. The predicted molar refractivity (Wildman–Crippen MR) is 102 cm³/mol. The lowest BCUT2D eigenvalue weighted by molar-refractivity contribution is -0.120. The van der Waals surface area contributed by atoms with E-state index >= 15 is 0 Å². The Bertz CT molecular complexity index is 820. The molecule has 0 aromatic heterocycles. The highest BCUT2D eigenvalue weighted by Crippen LogP contribution is 2.22. The van der Waals surface area contributed by atoms with Gasteiger partial charge in [0.1, 0.15) is 0 Å². The van der Waals surface area contributed by atoms with Gasteiger partial charge in [0, 0.05) is 0 Å². The summed E-state index contributed by atoms with van der Waals surface area (Å²) in [7, 11) is 0. The third-order valence-corrected chi connectivity index (χ3v) is 4.33. The Labute approximate surface area is 149 Å². The highest BCUT2D eigenvalue weighted by Gasteiger charge is 2.16. The second-order valence-corrected chi connectivity index (χ2v) is 6.48. The van der Waals surface area contributed by atoms with Crippen LogP contribution < -0.4 is 5.32 Å². The first kappa shape index (κ1) is 17.0. The zero-order valence-electron chi connectivity index (χ0n) is 14.7. The van der Waals surface area contributed by atoms with E-state index in [2.05, 4.69) is 48.6 Å². The van der Waals surface area contributed by atoms with E-state index in [1.54, 1.807) is 0 Å². The lowest BCUT2D eigenvalue weighted by Gasteiger charge is -2.20. The number of nitrogens with one attached hydrogen (secondary N) is 1. The molecule has 0 aliphatic heterocycles. The Balaban J connectivity index is 1.81. The molecule has 0 aliphatic rings. The number of hydrogen-bond acceptors (Lipinski definition) is 1. The smallest absolute Gasteiger partial charge is 0.225 e. The zero-order valence-corrected chi connectivity index (χ0v) is 14.7. The molecule has 0 saturated carbocycles. The topological polar surface area (TPSA) is 29.1 Å². The van der Waals surface area contributed by atoms with E-state index in [9.17, 15) is 4.79 Å². The SMILES string of the molecule is Cc1ccc(CC(=O)N[C@@H](c2ccccc2)c2ccc(C)cc2)cc1. The van der Waals surface area contributed by atoms with Crippen LogP contribution >= 0.6 is 0 Å². The fraction of sp³-hybridized carbons (Fsp3) is 0.174. The minimum absolute atomic E-state index is 0.0262. The number of carbonyl (C=O) groups is 1. The summed E-state index contributed by atoms with van der Waals surface area (Å²) >= 11 is 0. The highest BCUT2D eigenvalue weighted by atomic mass is 16.1. The van der Waals surface area contributed by atoms with E-state index in [4.69, 9.17) is 0 Å². The molecule has 1 amide bonds. The van der Waals surface area contributed by atoms with Crippen LogP contribution in [0.3, 0.4) is 0 Å². The molecule has 0 bridgehead atoms. The van der Waals surface area contributed by atoms with E-state index in [-0.39, 0.29) is 11.9 Å². The third kappa shape index (κ3) is 4.57. The van der Waals surface area contributed by atoms with Crippen molar-refractivity contribution in [3.05, 3.63) is 107 Å². The van der Waals surface area contributed by atoms with Crippen LogP contribution in [0.15, 0.2) is 78.9 Å². The summed E-state index contributed by atoms with van der Waals surface area (Å²) < 4.78 is 0. The Morgan fingerprint density at radius 2 is 1.28 bits per heavy atom. The number of carbonyl (C=O) groups excluding carboxylic acids is 1. The largest absolute Gasteiger partial charge is 0.345 e. The Kier molecular flexibility index (Phi) is 5.30. The van der Waals surface area contributed by atoms with Crippen molar-refractivity contribution >= 4 is 5.91 Å². The molecule has 2 nitrogen and oxygen atoms in total. The molecule has 3 aromatic carbocycles. The van der Waals surface area contributed by atoms with Crippen LogP contribution in [0.25, 0.3) is 0 Å². The molecule has 3 aromatic rings. The van der Waals surface area contributed by atoms with Gasteiger partial charge < -0.3 is 5.32 Å². The second kappa shape index (κ2) is 7.80. The fourth-order valence-corrected chi connectivity index (χ4v) is 2.87. The van der Waals surface area contributed by atoms with E-state index in [0.29, 0.717) is 6.42 Å². The molecule has 2 heteroatoms. The normalized spacial score (nSPS) is 11.8. The van der Waals surface area contributed by atoms with Crippen molar-refractivity contribution < 1.29 is 4.79 Å². The fourth-order valence-electron chi connectivity index (χ4n) is 2.87. The van der Waals surface area contributed by atoms with Gasteiger partial charge in [0.15, 0.2) is 0 Å². The molecule has 0 saturated heterocycles. The number of aryl methyl sites for hydroxylation is 2. The highest BCUT2D eigenvalue weighted by molar-refractivity contribution is 5.79. The van der Waals surface area contributed by atoms with E-state index in [0.717, 1.165) is 16.7 Å². The number of hydrogen-bond donors (Lipinski definition) is 1. The molecule has 0 fully saturated rings. The van der Waals surface area contributed by atoms with Gasteiger partial charge in [-0.25, -0.2) is 0 Å². The summed E-state index contributed by atoms with van der Waals surface area (Å²) in [6, 6.07) is 26.4. The average molecular weight is 329 g/mol. The van der Waals surface area contributed by atoms with Crippen molar-refractivity contribution in [1.29, 1.82) is 0 Å². The van der Waals surface area contributed by atoms with Gasteiger partial charge in [-0.3, -0.25) is 4.79 Å². The molecule has 0 aliphatic carbocycles. The second-order valence-electron chi connectivity index (χ2n) is 6.48. The Morgan fingerprint density at radius 3 is 1.88 bits per heavy atom. The van der Waals surface area contributed by atoms with Gasteiger partial charge in [-0.2, -0.15) is 0 Å². The van der Waals surface area contributed by atoms with Gasteiger partial charge in [0.05, 0.1) is 12.5 Å². The molecular weight excluding hydrogens is 306 g/mol. The summed E-state index contributed by atoms with van der Waals surface area (Å²) in [5.41, 5.74) is 5.61. The molecular formula is C23H23NO. The molecule has 1 atom stereocenters. The maximum absolute atomic E-state index is 12.6. The van der Waals surface area contributed by atoms with Crippen molar-refractivity contribution in [2.45, 2.75) is 26.3 Å². The van der Waals surface area contributed by atoms with Crippen molar-refractivity contribution in [3.8, 4) is 0 Å². The Morgan fingerprint density at radius 1 is 0.760 bits per heavy atom. The van der Waals surface area contributed by atoms with Crippen LogP contribution in [0.2, 0.25) is 0 Å². The van der Waals surface area contributed by atoms with Crippen LogP contribution in [0, 0.1) is 13.8 Å². The first-order valence-electron chi connectivity index (χ1n) is 8.58. The zero-order chi connectivity index (χ0) is 17.6. The number of rotatable bonds is 5. The molecule has 126 valence electrons. The van der Waals surface area contributed by atoms with Gasteiger partial charge in [0.2, 0.25) is 5.91 Å². The average Bonchev–Trinajstić information content (AvgIpc) is 2.63. The van der Waals surface area contributed by atoms with Gasteiger partial charge >= 0.3 is 0 Å². The molecule has 0 unspecified atom stereocenters. The summed E-state index contributed by atoms with van der Waals surface area (Å²) in [6.07, 6.45) is 0.384. The molecule has 0 spiro atoms. The van der Waals surface area contributed by atoms with Crippen molar-refractivity contribution in [3.63, 3.8) is 0 Å². The first-order valence-corrected chi connectivity index (χ1v) is 8.58. The van der Waals surface area contributed by atoms with Crippen LogP contribution in [0.1, 0.15) is 33.9 Å². The molecule has 25 heavy (non-hydrogen) atoms. The monoisotopic (exact) mass is 329 g/mol. The number of benzene rings is 3. The maximum Gasteiger partial charge on any atom is 0.225 e. The predicted octanol–water partition coefficient (Wildman–Crippen LogP) is 4.75. The maximum atomic E-state index is 12.6. The number of amides is 1. The standard InChI is InChI=1S/C23H23NO/c1-17-8-12-19(13-9-17)16-22(25)24-23(20-6-4-3-5-7-20)21-14-10-18(2)11-15-21/h3-15,23H,16H2,1-2H3,(H,24,25)/t23-/m0/s1. The molecule has 0 heterocycles. The van der Waals surface area contributed by atoms with E-state index < -0.39 is 0 Å². The summed E-state index contributed by atoms with van der Waals surface area (Å²) in [4.78, 5) is 12.6. The first-order chi connectivity index (χ1) is 12.1. The van der Waals surface area contributed by atoms with Crippen LogP contribution in [-0.2, 0) is 11.2 Å². The molecule has 3 rings (SSSR count). The van der Waals surface area contributed by atoms with Gasteiger partial charge in [-0.1, -0.05) is 90.0 Å². The third-order valence-electron chi connectivity index (χ3n) is 4.33. The summed E-state index contributed by atoms with van der Waals surface area (Å²) in [5, 5.41) is 3.19. The summed E-state index contributed by atoms with van der Waals surface area (Å²) in [6.45, 7) is 4.12. The van der Waals surface area contributed by atoms with Crippen molar-refractivity contribution in [1.82, 2.24) is 5.32 Å². The van der Waals surface area contributed by atoms with Crippen LogP contribution in [0.4, 0.5) is 0 Å². The lowest BCUT2D eigenvalue weighted by atomic mass is 9.97. The molecule has 1 N–H and O–H groups in total. The minimum atomic E-state index is -0.139. The van der Waals surface area contributed by atoms with Crippen LogP contribution in [0.5, 0.6) is 0 Å². The molecule has 0 radical (unpaired) electrons. The quantitative estimate of drug-likeness (QED) is 0.719. The lowest BCUT2D eigenvalue weighted by Crippen LogP contribution is -2.30. The van der Waals surface area contributed by atoms with Gasteiger partial charge in [-0.05, 0) is 30.5 Å². The van der Waals surface area contributed by atoms with E-state index in [1.165, 1.54) is 11.1 Å².